The van der Waals surface area contributed by atoms with E-state index in [9.17, 15) is 0 Å². The van der Waals surface area contributed by atoms with Crippen molar-refractivity contribution in [1.82, 2.24) is 0 Å². The molecule has 8 heterocycles. The number of rotatable bonds is 4. The summed E-state index contributed by atoms with van der Waals surface area (Å²) in [6.07, 6.45) is 4.93. The van der Waals surface area contributed by atoms with Crippen LogP contribution in [0.5, 0.6) is 0 Å². The maximum Gasteiger partial charge on any atom is 0.264 e. The third kappa shape index (κ3) is 4.60. The highest BCUT2D eigenvalue weighted by atomic mass is 32.1. The number of nitrogens with zero attached hydrogens (tertiary/aromatic N) is 6. The van der Waals surface area contributed by atoms with Gasteiger partial charge in [-0.3, -0.25) is 0 Å². The minimum atomic E-state index is 0.0788. The van der Waals surface area contributed by atoms with Crippen LogP contribution in [0, 0.1) is 0 Å². The molecule has 0 atom stereocenters. The van der Waals surface area contributed by atoms with Gasteiger partial charge in [-0.05, 0) is 120 Å². The van der Waals surface area contributed by atoms with Crippen molar-refractivity contribution >= 4 is 136 Å². The van der Waals surface area contributed by atoms with E-state index < -0.39 is 0 Å². The lowest BCUT2D eigenvalue weighted by atomic mass is 9.35. The van der Waals surface area contributed by atoms with Gasteiger partial charge in [0.2, 0.25) is 0 Å². The van der Waals surface area contributed by atoms with Gasteiger partial charge < -0.3 is 29.4 Å². The fourth-order valence-corrected chi connectivity index (χ4v) is 13.9. The third-order valence-corrected chi connectivity index (χ3v) is 16.3. The Kier molecular flexibility index (Phi) is 7.09. The molecule has 8 aromatic rings. The van der Waals surface area contributed by atoms with Crippen LogP contribution in [0.25, 0.3) is 0 Å². The highest BCUT2D eigenvalue weighted by Crippen LogP contribution is 2.59. The van der Waals surface area contributed by atoms with E-state index >= 15 is 0 Å². The van der Waals surface area contributed by atoms with Crippen LogP contribution in [0.1, 0.15) is 25.7 Å². The quantitative estimate of drug-likeness (QED) is 0.164. The molecule has 2 saturated heterocycles. The fourth-order valence-electron chi connectivity index (χ4n) is 12.4. The van der Waals surface area contributed by atoms with Gasteiger partial charge in [-0.25, -0.2) is 0 Å². The number of anilines is 14. The summed E-state index contributed by atoms with van der Waals surface area (Å²) in [5.74, 6) is 0. The van der Waals surface area contributed by atoms with Crippen LogP contribution in [0.3, 0.4) is 0 Å². The molecule has 7 aromatic carbocycles. The van der Waals surface area contributed by atoms with Crippen molar-refractivity contribution in [1.29, 1.82) is 0 Å². The average molecular weight is 829 g/mol. The van der Waals surface area contributed by atoms with Crippen LogP contribution in [0.15, 0.2) is 158 Å². The van der Waals surface area contributed by atoms with E-state index in [0.717, 1.165) is 26.2 Å². The van der Waals surface area contributed by atoms with E-state index in [1.807, 2.05) is 0 Å². The van der Waals surface area contributed by atoms with Crippen molar-refractivity contribution in [3.8, 4) is 0 Å². The summed E-state index contributed by atoms with van der Waals surface area (Å²) in [6, 6.07) is 60.1. The molecule has 300 valence electrons. The van der Waals surface area contributed by atoms with Gasteiger partial charge in [0.1, 0.15) is 0 Å². The van der Waals surface area contributed by atoms with Gasteiger partial charge >= 0.3 is 0 Å². The molecule has 2 fully saturated rings. The molecule has 15 rings (SSSR count). The molecule has 6 nitrogen and oxygen atoms in total. The molecule has 0 radical (unpaired) electrons. The SMILES string of the molecule is c1ccc(N2c3ccccc3B3c4sc5c6c4N(c4ccccc4N6c4cc(N6CCCC6)cc6c4B5c4ccccc4N6c4ccccc4)c4cc(N5CCCC5)cc2c43)cc1. The van der Waals surface area contributed by atoms with Gasteiger partial charge in [0, 0.05) is 92.6 Å². The third-order valence-electron chi connectivity index (χ3n) is 15.0. The van der Waals surface area contributed by atoms with Gasteiger partial charge in [0.05, 0.1) is 22.7 Å². The summed E-state index contributed by atoms with van der Waals surface area (Å²) in [7, 11) is 0. The van der Waals surface area contributed by atoms with E-state index in [1.54, 1.807) is 0 Å². The predicted octanol–water partition coefficient (Wildman–Crippen LogP) is 9.43. The van der Waals surface area contributed by atoms with Crippen LogP contribution in [-0.2, 0) is 0 Å². The van der Waals surface area contributed by atoms with E-state index in [1.165, 1.54) is 137 Å². The number of thiophene rings is 1. The van der Waals surface area contributed by atoms with Crippen molar-refractivity contribution in [2.24, 2.45) is 0 Å². The number of hydrogen-bond donors (Lipinski definition) is 0. The Bertz CT molecular complexity index is 3000. The monoisotopic (exact) mass is 828 g/mol. The van der Waals surface area contributed by atoms with Gasteiger partial charge in [-0.1, -0.05) is 84.9 Å². The first-order chi connectivity index (χ1) is 31.3. The Morgan fingerprint density at radius 2 is 0.683 bits per heavy atom. The fraction of sp³-hybridized carbons (Fsp3) is 0.148. The second kappa shape index (κ2) is 12.9. The standard InChI is InChI=1S/C54H42B2N6S/c1-3-17-35(18-4-1)59-41-23-9-7-21-39(41)55-49-45(59)31-37(57-27-13-14-28-57)33-47(49)61-43-25-11-12-26-44(43)62-48-34-38(58-29-15-16-30-58)32-46-50(48)56(54-52(62)51(61)53(55)63-54)40-22-8-10-24-42(40)60(46)36-19-5-2-6-20-36/h1-12,17-26,31-34H,13-16,27-30H2. The number of benzene rings is 7. The molecule has 7 aliphatic heterocycles. The van der Waals surface area contributed by atoms with Crippen molar-refractivity contribution in [3.05, 3.63) is 158 Å². The summed E-state index contributed by atoms with van der Waals surface area (Å²) >= 11 is 2.07. The van der Waals surface area contributed by atoms with Crippen LogP contribution in [-0.4, -0.2) is 39.6 Å². The van der Waals surface area contributed by atoms with Crippen LogP contribution >= 0.6 is 11.3 Å². The molecule has 1 aromatic heterocycles. The normalized spacial score (nSPS) is 16.8. The average Bonchev–Trinajstić information content (AvgIpc) is 4.16. The first kappa shape index (κ1) is 34.7. The molecular formula is C54H42B2N6S. The van der Waals surface area contributed by atoms with Gasteiger partial charge in [0.15, 0.2) is 0 Å². The first-order valence-electron chi connectivity index (χ1n) is 22.9. The molecule has 0 amide bonds. The number of fused-ring (bicyclic) bond motifs is 11. The lowest BCUT2D eigenvalue weighted by Crippen LogP contribution is -2.61. The van der Waals surface area contributed by atoms with E-state index in [-0.39, 0.29) is 13.4 Å². The molecule has 0 N–H and O–H groups in total. The molecule has 0 spiro atoms. The summed E-state index contributed by atoms with van der Waals surface area (Å²) in [6.45, 7) is 4.52. The summed E-state index contributed by atoms with van der Waals surface area (Å²) in [5, 5.41) is 0. The molecule has 0 unspecified atom stereocenters. The van der Waals surface area contributed by atoms with Crippen LogP contribution < -0.4 is 60.8 Å². The molecule has 9 heteroatoms. The maximum absolute atomic E-state index is 2.70. The zero-order valence-corrected chi connectivity index (χ0v) is 35.7. The maximum atomic E-state index is 2.70. The minimum absolute atomic E-state index is 0.0788. The summed E-state index contributed by atoms with van der Waals surface area (Å²) in [5.41, 5.74) is 23.6. The second-order valence-electron chi connectivity index (χ2n) is 18.2. The molecule has 0 aliphatic carbocycles. The molecule has 63 heavy (non-hydrogen) atoms. The predicted molar refractivity (Wildman–Crippen MR) is 269 cm³/mol. The largest absolute Gasteiger partial charge is 0.371 e. The minimum Gasteiger partial charge on any atom is -0.371 e. The Labute approximate surface area is 373 Å². The highest BCUT2D eigenvalue weighted by molar-refractivity contribution is 7.39. The summed E-state index contributed by atoms with van der Waals surface area (Å²) < 4.78 is 2.89. The molecule has 0 bridgehead atoms. The molecule has 7 aliphatic rings. The Balaban J connectivity index is 1.06. The van der Waals surface area contributed by atoms with Gasteiger partial charge in [0.25, 0.3) is 13.4 Å². The summed E-state index contributed by atoms with van der Waals surface area (Å²) in [4.78, 5) is 15.8. The lowest BCUT2D eigenvalue weighted by molar-refractivity contribution is 0.949. The Morgan fingerprint density at radius 3 is 1.10 bits per heavy atom. The topological polar surface area (TPSA) is 19.4 Å². The zero-order chi connectivity index (χ0) is 40.9. The zero-order valence-electron chi connectivity index (χ0n) is 34.9. The van der Waals surface area contributed by atoms with Crippen LogP contribution in [0.4, 0.5) is 79.6 Å². The second-order valence-corrected chi connectivity index (χ2v) is 19.3. The van der Waals surface area contributed by atoms with E-state index in [2.05, 4.69) is 198 Å². The van der Waals surface area contributed by atoms with Crippen molar-refractivity contribution in [2.75, 3.05) is 55.6 Å². The number of para-hydroxylation sites is 6. The Morgan fingerprint density at radius 1 is 0.333 bits per heavy atom. The van der Waals surface area contributed by atoms with Gasteiger partial charge in [-0.15, -0.1) is 0 Å². The first-order valence-corrected chi connectivity index (χ1v) is 23.7. The van der Waals surface area contributed by atoms with Crippen molar-refractivity contribution in [3.63, 3.8) is 0 Å². The van der Waals surface area contributed by atoms with Crippen molar-refractivity contribution < 1.29 is 0 Å². The van der Waals surface area contributed by atoms with E-state index in [0.29, 0.717) is 0 Å². The van der Waals surface area contributed by atoms with Crippen LogP contribution in [0.2, 0.25) is 0 Å². The number of hydrogen-bond acceptors (Lipinski definition) is 7. The molecule has 0 saturated carbocycles. The smallest absolute Gasteiger partial charge is 0.264 e. The molecular weight excluding hydrogens is 786 g/mol. The lowest BCUT2D eigenvalue weighted by Gasteiger charge is -2.49. The van der Waals surface area contributed by atoms with E-state index in [4.69, 9.17) is 0 Å². The van der Waals surface area contributed by atoms with Gasteiger partial charge in [-0.2, -0.15) is 11.3 Å². The Hall–Kier alpha value is -6.83. The highest BCUT2D eigenvalue weighted by Gasteiger charge is 2.54. The van der Waals surface area contributed by atoms with Crippen molar-refractivity contribution in [2.45, 2.75) is 25.7 Å².